The van der Waals surface area contributed by atoms with Crippen LogP contribution in [-0.2, 0) is 4.74 Å². The Hall–Kier alpha value is -4.72. The fraction of sp³-hybridized carbons (Fsp3) is 0.111. The van der Waals surface area contributed by atoms with Gasteiger partial charge in [-0.15, -0.1) is 0 Å². The van der Waals surface area contributed by atoms with Crippen LogP contribution in [0, 0.1) is 6.92 Å². The van der Waals surface area contributed by atoms with E-state index in [0.717, 1.165) is 5.56 Å². The van der Waals surface area contributed by atoms with Crippen molar-refractivity contribution < 1.29 is 14.3 Å². The molecule has 0 aliphatic carbocycles. The van der Waals surface area contributed by atoms with Gasteiger partial charge in [0.05, 0.1) is 23.2 Å². The maximum absolute atomic E-state index is 13.4. The molecular formula is C27H23N5O3. The number of anilines is 2. The lowest BCUT2D eigenvalue weighted by Gasteiger charge is -2.09. The molecule has 0 aliphatic heterocycles. The molecule has 2 aromatic heterocycles. The highest BCUT2D eigenvalue weighted by atomic mass is 16.5. The van der Waals surface area contributed by atoms with Gasteiger partial charge in [0.25, 0.3) is 5.91 Å². The summed E-state index contributed by atoms with van der Waals surface area (Å²) in [6.07, 6.45) is 0. The first-order valence-corrected chi connectivity index (χ1v) is 11.2. The summed E-state index contributed by atoms with van der Waals surface area (Å²) in [7, 11) is 0. The molecule has 0 fully saturated rings. The average molecular weight is 466 g/mol. The molecule has 8 nitrogen and oxygen atoms in total. The Kier molecular flexibility index (Phi) is 5.62. The highest BCUT2D eigenvalue weighted by Crippen LogP contribution is 2.31. The average Bonchev–Trinajstić information content (AvgIpc) is 3.13. The summed E-state index contributed by atoms with van der Waals surface area (Å²) in [5.41, 5.74) is 11.7. The van der Waals surface area contributed by atoms with Crippen LogP contribution in [0.2, 0.25) is 0 Å². The van der Waals surface area contributed by atoms with Gasteiger partial charge in [0, 0.05) is 11.4 Å². The fourth-order valence-electron chi connectivity index (χ4n) is 4.02. The molecule has 0 saturated carbocycles. The van der Waals surface area contributed by atoms with Crippen molar-refractivity contribution in [3.8, 4) is 5.69 Å². The van der Waals surface area contributed by atoms with E-state index in [-0.39, 0.29) is 23.9 Å². The van der Waals surface area contributed by atoms with Gasteiger partial charge in [-0.05, 0) is 67.9 Å². The molecule has 0 spiro atoms. The number of rotatable bonds is 5. The highest BCUT2D eigenvalue weighted by Gasteiger charge is 2.25. The molecule has 0 radical (unpaired) electrons. The number of nitrogen functional groups attached to an aromatic ring is 1. The predicted molar refractivity (Wildman–Crippen MR) is 136 cm³/mol. The van der Waals surface area contributed by atoms with Crippen LogP contribution in [0.3, 0.4) is 0 Å². The zero-order valence-electron chi connectivity index (χ0n) is 19.3. The molecular weight excluding hydrogens is 442 g/mol. The summed E-state index contributed by atoms with van der Waals surface area (Å²) < 4.78 is 6.75. The number of aromatic nitrogens is 3. The number of hydrogen-bond donors (Lipinski definition) is 2. The van der Waals surface area contributed by atoms with Crippen LogP contribution in [0.1, 0.15) is 33.2 Å². The van der Waals surface area contributed by atoms with E-state index in [4.69, 9.17) is 20.4 Å². The van der Waals surface area contributed by atoms with Crippen molar-refractivity contribution in [3.05, 3.63) is 89.5 Å². The molecule has 2 heterocycles. The summed E-state index contributed by atoms with van der Waals surface area (Å²) in [5, 5.41) is 2.92. The Morgan fingerprint density at radius 2 is 1.69 bits per heavy atom. The maximum Gasteiger partial charge on any atom is 0.338 e. The Morgan fingerprint density at radius 3 is 2.37 bits per heavy atom. The number of fused-ring (bicyclic) bond motifs is 2. The minimum Gasteiger partial charge on any atom is -0.462 e. The van der Waals surface area contributed by atoms with Gasteiger partial charge in [-0.25, -0.2) is 14.8 Å². The van der Waals surface area contributed by atoms with Crippen molar-refractivity contribution in [3.63, 3.8) is 0 Å². The summed E-state index contributed by atoms with van der Waals surface area (Å²) >= 11 is 0. The van der Waals surface area contributed by atoms with Gasteiger partial charge in [0.15, 0.2) is 5.65 Å². The normalized spacial score (nSPS) is 11.0. The molecule has 0 bridgehead atoms. The Bertz CT molecular complexity index is 1590. The lowest BCUT2D eigenvalue weighted by molar-refractivity contribution is 0.0526. The van der Waals surface area contributed by atoms with E-state index in [0.29, 0.717) is 39.1 Å². The summed E-state index contributed by atoms with van der Waals surface area (Å²) in [5.74, 6) is -0.595. The van der Waals surface area contributed by atoms with Crippen LogP contribution in [0.5, 0.6) is 0 Å². The molecule has 174 valence electrons. The number of benzene rings is 3. The number of para-hydroxylation sites is 2. The van der Waals surface area contributed by atoms with Gasteiger partial charge in [-0.2, -0.15) is 0 Å². The molecule has 0 saturated heterocycles. The smallest absolute Gasteiger partial charge is 0.338 e. The minimum atomic E-state index is -0.409. The Morgan fingerprint density at radius 1 is 0.971 bits per heavy atom. The number of ether oxygens (including phenoxy) is 1. The predicted octanol–water partition coefficient (Wildman–Crippen LogP) is 4.89. The van der Waals surface area contributed by atoms with E-state index >= 15 is 0 Å². The van der Waals surface area contributed by atoms with Crippen molar-refractivity contribution in [1.82, 2.24) is 14.5 Å². The zero-order valence-corrected chi connectivity index (χ0v) is 19.3. The van der Waals surface area contributed by atoms with E-state index in [1.807, 2.05) is 55.5 Å². The molecule has 0 unspecified atom stereocenters. The van der Waals surface area contributed by atoms with Crippen LogP contribution in [0.25, 0.3) is 27.9 Å². The van der Waals surface area contributed by atoms with Crippen molar-refractivity contribution in [2.75, 3.05) is 17.7 Å². The quantitative estimate of drug-likeness (QED) is 0.357. The molecule has 5 rings (SSSR count). The van der Waals surface area contributed by atoms with Crippen LogP contribution in [0.4, 0.5) is 11.5 Å². The number of nitrogens with one attached hydrogen (secondary N) is 1. The lowest BCUT2D eigenvalue weighted by Crippen LogP contribution is -2.14. The van der Waals surface area contributed by atoms with E-state index in [1.165, 1.54) is 0 Å². The maximum atomic E-state index is 13.4. The van der Waals surface area contributed by atoms with Crippen LogP contribution >= 0.6 is 0 Å². The number of carbonyl (C=O) groups is 2. The molecule has 3 aromatic carbocycles. The van der Waals surface area contributed by atoms with E-state index in [1.54, 1.807) is 35.8 Å². The molecule has 3 N–H and O–H groups in total. The minimum absolute atomic E-state index is 0.198. The third-order valence-electron chi connectivity index (χ3n) is 5.64. The van der Waals surface area contributed by atoms with Crippen molar-refractivity contribution >= 4 is 45.6 Å². The van der Waals surface area contributed by atoms with Gasteiger partial charge >= 0.3 is 5.97 Å². The lowest BCUT2D eigenvalue weighted by atomic mass is 10.2. The molecule has 5 aromatic rings. The SMILES string of the molecule is CCOC(=O)c1ccc(-n2c(N)c(C(=O)Nc3cccc(C)c3)c3nc4ccccc4nc32)cc1. The summed E-state index contributed by atoms with van der Waals surface area (Å²) in [4.78, 5) is 35.0. The molecule has 0 atom stereocenters. The first-order valence-electron chi connectivity index (χ1n) is 11.2. The number of aryl methyl sites for hydroxylation is 1. The van der Waals surface area contributed by atoms with E-state index in [2.05, 4.69) is 5.32 Å². The molecule has 8 heteroatoms. The molecule has 35 heavy (non-hydrogen) atoms. The largest absolute Gasteiger partial charge is 0.462 e. The Labute approximate surface area is 201 Å². The van der Waals surface area contributed by atoms with Crippen LogP contribution in [0.15, 0.2) is 72.8 Å². The third kappa shape index (κ3) is 4.06. The zero-order chi connectivity index (χ0) is 24.5. The third-order valence-corrected chi connectivity index (χ3v) is 5.64. The number of nitrogens with zero attached hydrogens (tertiary/aromatic N) is 3. The van der Waals surface area contributed by atoms with Crippen LogP contribution < -0.4 is 11.1 Å². The van der Waals surface area contributed by atoms with E-state index < -0.39 is 5.97 Å². The fourth-order valence-corrected chi connectivity index (χ4v) is 4.02. The number of amides is 1. The van der Waals surface area contributed by atoms with Gasteiger partial charge in [0.2, 0.25) is 0 Å². The number of nitrogens with two attached hydrogens (primary N) is 1. The first-order chi connectivity index (χ1) is 17.0. The van der Waals surface area contributed by atoms with E-state index in [9.17, 15) is 9.59 Å². The summed E-state index contributed by atoms with van der Waals surface area (Å²) in [6, 6.07) is 21.7. The molecule has 1 amide bonds. The monoisotopic (exact) mass is 465 g/mol. The highest BCUT2D eigenvalue weighted by molar-refractivity contribution is 6.16. The number of carbonyl (C=O) groups excluding carboxylic acids is 2. The van der Waals surface area contributed by atoms with Crippen molar-refractivity contribution in [2.45, 2.75) is 13.8 Å². The van der Waals surface area contributed by atoms with Crippen molar-refractivity contribution in [2.24, 2.45) is 0 Å². The standard InChI is InChI=1S/C27H23N5O3/c1-3-35-27(34)17-11-13-19(14-12-17)32-24(28)22(26(33)29-18-8-6-7-16(2)15-18)23-25(32)31-21-10-5-4-9-20(21)30-23/h4-15H,3,28H2,1-2H3,(H,29,33). The summed E-state index contributed by atoms with van der Waals surface area (Å²) in [6.45, 7) is 4.00. The second-order valence-corrected chi connectivity index (χ2v) is 8.07. The van der Waals surface area contributed by atoms with Gasteiger partial charge < -0.3 is 15.8 Å². The van der Waals surface area contributed by atoms with Gasteiger partial charge in [0.1, 0.15) is 16.9 Å². The van der Waals surface area contributed by atoms with Crippen molar-refractivity contribution in [1.29, 1.82) is 0 Å². The van der Waals surface area contributed by atoms with Gasteiger partial charge in [-0.1, -0.05) is 24.3 Å². The number of hydrogen-bond acceptors (Lipinski definition) is 6. The molecule has 0 aliphatic rings. The van der Waals surface area contributed by atoms with Crippen LogP contribution in [-0.4, -0.2) is 33.0 Å². The number of esters is 1. The topological polar surface area (TPSA) is 112 Å². The second-order valence-electron chi connectivity index (χ2n) is 8.07. The first kappa shape index (κ1) is 22.1. The Balaban J connectivity index is 1.67. The second kappa shape index (κ2) is 8.90. The van der Waals surface area contributed by atoms with Gasteiger partial charge in [-0.3, -0.25) is 9.36 Å².